The summed E-state index contributed by atoms with van der Waals surface area (Å²) in [5, 5.41) is 10.6. The van der Waals surface area contributed by atoms with Crippen molar-refractivity contribution in [3.8, 4) is 11.5 Å². The molecule has 254 valence electrons. The van der Waals surface area contributed by atoms with E-state index in [-0.39, 0.29) is 62.9 Å². The molecule has 2 aromatic rings. The van der Waals surface area contributed by atoms with Gasteiger partial charge in [-0.1, -0.05) is 32.8 Å². The van der Waals surface area contributed by atoms with Crippen LogP contribution in [0.25, 0.3) is 0 Å². The van der Waals surface area contributed by atoms with Gasteiger partial charge in [0.15, 0.2) is 11.5 Å². The zero-order valence-electron chi connectivity index (χ0n) is 27.6. The topological polar surface area (TPSA) is 120 Å². The third kappa shape index (κ3) is 7.22. The van der Waals surface area contributed by atoms with Crippen molar-refractivity contribution in [2.24, 2.45) is 5.92 Å². The summed E-state index contributed by atoms with van der Waals surface area (Å²) in [6.07, 6.45) is 3.58. The summed E-state index contributed by atoms with van der Waals surface area (Å²) in [5.41, 5.74) is 1.78. The lowest BCUT2D eigenvalue weighted by Gasteiger charge is -2.36. The molecular formula is C35H45FN4O7. The zero-order chi connectivity index (χ0) is 33.8. The highest BCUT2D eigenvalue weighted by Crippen LogP contribution is 2.43. The Morgan fingerprint density at radius 2 is 1.79 bits per heavy atom. The van der Waals surface area contributed by atoms with E-state index in [1.165, 1.54) is 15.9 Å². The van der Waals surface area contributed by atoms with Crippen LogP contribution in [0.2, 0.25) is 0 Å². The number of hydrogen-bond acceptors (Lipinski definition) is 7. The molecule has 3 heterocycles. The van der Waals surface area contributed by atoms with E-state index in [0.717, 1.165) is 31.2 Å². The van der Waals surface area contributed by atoms with Crippen LogP contribution in [-0.2, 0) is 14.4 Å². The largest absolute Gasteiger partial charge is 0.481 e. The number of likely N-dealkylation sites (tertiary alicyclic amines) is 1. The molecule has 2 fully saturated rings. The minimum atomic E-state index is -1.03. The summed E-state index contributed by atoms with van der Waals surface area (Å²) in [4.78, 5) is 59.4. The van der Waals surface area contributed by atoms with Gasteiger partial charge in [-0.15, -0.1) is 0 Å². The lowest BCUT2D eigenvalue weighted by atomic mass is 9.84. The molecule has 3 aliphatic rings. The van der Waals surface area contributed by atoms with E-state index in [1.54, 1.807) is 43.1 Å². The number of aryl methyl sites for hydroxylation is 1. The maximum absolute atomic E-state index is 14.4. The molecule has 0 saturated carbocycles. The Morgan fingerprint density at radius 3 is 2.47 bits per heavy atom. The standard InChI is InChI=1S/C35H45FN4O7/c1-5-7-24(8-6-2)40(25-10-11-27(36)22(3)17-25)32(42)20-38-19-26(23-9-12-29-30(18-23)47-21-46-29)33(34(43)44)28(38)13-16-39-31(41)14-15-37(4)35(39)45/h9-12,17-18,24,26,28,33H,5-8,13-16,19-21H2,1-4H3,(H,43,44)/t26-,28+,33-/m1/s1. The monoisotopic (exact) mass is 652 g/mol. The maximum atomic E-state index is 14.4. The maximum Gasteiger partial charge on any atom is 0.326 e. The van der Waals surface area contributed by atoms with Crippen LogP contribution in [0.3, 0.4) is 0 Å². The third-order valence-electron chi connectivity index (χ3n) is 9.66. The van der Waals surface area contributed by atoms with E-state index in [4.69, 9.17) is 9.47 Å². The molecule has 2 saturated heterocycles. The number of imide groups is 1. The van der Waals surface area contributed by atoms with Crippen LogP contribution < -0.4 is 14.4 Å². The van der Waals surface area contributed by atoms with E-state index in [1.807, 2.05) is 11.0 Å². The van der Waals surface area contributed by atoms with Gasteiger partial charge in [0.05, 0.1) is 12.5 Å². The van der Waals surface area contributed by atoms with E-state index in [0.29, 0.717) is 29.3 Å². The number of urea groups is 1. The summed E-state index contributed by atoms with van der Waals surface area (Å²) in [7, 11) is 1.63. The van der Waals surface area contributed by atoms with Crippen LogP contribution >= 0.6 is 0 Å². The average molecular weight is 653 g/mol. The molecule has 3 aliphatic heterocycles. The number of carboxylic acid groups (broad SMARTS) is 1. The highest BCUT2D eigenvalue weighted by molar-refractivity contribution is 5.97. The fourth-order valence-corrected chi connectivity index (χ4v) is 7.28. The second-order valence-electron chi connectivity index (χ2n) is 12.8. The van der Waals surface area contributed by atoms with Gasteiger partial charge in [0, 0.05) is 56.8 Å². The van der Waals surface area contributed by atoms with E-state index in [2.05, 4.69) is 13.8 Å². The molecule has 5 rings (SSSR count). The Bertz CT molecular complexity index is 1500. The summed E-state index contributed by atoms with van der Waals surface area (Å²) in [5.74, 6) is -2.21. The first kappa shape index (κ1) is 34.2. The number of fused-ring (bicyclic) bond motifs is 1. The Labute approximate surface area is 275 Å². The Kier molecular flexibility index (Phi) is 10.7. The number of nitrogens with zero attached hydrogens (tertiary/aromatic N) is 4. The van der Waals surface area contributed by atoms with Crippen molar-refractivity contribution in [3.05, 3.63) is 53.3 Å². The number of halogens is 1. The summed E-state index contributed by atoms with van der Waals surface area (Å²) in [6.45, 7) is 6.41. The smallest absolute Gasteiger partial charge is 0.326 e. The Balaban J connectivity index is 1.49. The molecule has 0 unspecified atom stereocenters. The summed E-state index contributed by atoms with van der Waals surface area (Å²) < 4.78 is 25.4. The Morgan fingerprint density at radius 1 is 1.06 bits per heavy atom. The fraction of sp³-hybridized carbons (Fsp3) is 0.543. The molecule has 3 atom stereocenters. The number of ether oxygens (including phenoxy) is 2. The summed E-state index contributed by atoms with van der Waals surface area (Å²) in [6, 6.07) is 8.87. The van der Waals surface area contributed by atoms with Crippen molar-refractivity contribution in [2.75, 3.05) is 44.9 Å². The first-order valence-corrected chi connectivity index (χ1v) is 16.5. The second-order valence-corrected chi connectivity index (χ2v) is 12.8. The zero-order valence-corrected chi connectivity index (χ0v) is 27.6. The predicted octanol–water partition coefficient (Wildman–Crippen LogP) is 5.01. The number of hydrogen-bond donors (Lipinski definition) is 1. The molecule has 47 heavy (non-hydrogen) atoms. The van der Waals surface area contributed by atoms with E-state index < -0.39 is 29.9 Å². The molecule has 11 nitrogen and oxygen atoms in total. The molecule has 0 radical (unpaired) electrons. The molecule has 2 aromatic carbocycles. The van der Waals surface area contributed by atoms with Crippen molar-refractivity contribution in [1.29, 1.82) is 0 Å². The third-order valence-corrected chi connectivity index (χ3v) is 9.66. The highest BCUT2D eigenvalue weighted by atomic mass is 19.1. The normalized spacial score (nSPS) is 21.2. The number of amides is 4. The van der Waals surface area contributed by atoms with Gasteiger partial charge in [-0.2, -0.15) is 0 Å². The van der Waals surface area contributed by atoms with Gasteiger partial charge >= 0.3 is 12.0 Å². The highest BCUT2D eigenvalue weighted by Gasteiger charge is 2.48. The van der Waals surface area contributed by atoms with Crippen LogP contribution in [0.15, 0.2) is 36.4 Å². The van der Waals surface area contributed by atoms with Crippen molar-refractivity contribution >= 4 is 29.5 Å². The number of aliphatic carboxylic acids is 1. The SMILES string of the molecule is CCCC(CCC)N(C(=O)CN1C[C@H](c2ccc3c(c2)OCO3)[C@@H](C(=O)O)[C@@H]1CCN1C(=O)CCN(C)C1=O)c1ccc(F)c(C)c1. The minimum absolute atomic E-state index is 0.0319. The molecule has 0 aromatic heterocycles. The predicted molar refractivity (Wildman–Crippen MR) is 173 cm³/mol. The lowest BCUT2D eigenvalue weighted by Crippen LogP contribution is -2.52. The minimum Gasteiger partial charge on any atom is -0.481 e. The van der Waals surface area contributed by atoms with E-state index >= 15 is 0 Å². The van der Waals surface area contributed by atoms with Crippen molar-refractivity contribution in [3.63, 3.8) is 0 Å². The molecule has 0 aliphatic carbocycles. The van der Waals surface area contributed by atoms with Crippen LogP contribution in [0, 0.1) is 18.7 Å². The van der Waals surface area contributed by atoms with Gasteiger partial charge in [0.25, 0.3) is 0 Å². The van der Waals surface area contributed by atoms with Crippen LogP contribution in [0.1, 0.15) is 69.4 Å². The van der Waals surface area contributed by atoms with Crippen LogP contribution in [0.4, 0.5) is 14.9 Å². The molecule has 0 bridgehead atoms. The van der Waals surface area contributed by atoms with Crippen molar-refractivity contribution in [2.45, 2.75) is 77.3 Å². The molecule has 0 spiro atoms. The number of carbonyl (C=O) groups excluding carboxylic acids is 3. The molecule has 4 amide bonds. The fourth-order valence-electron chi connectivity index (χ4n) is 7.28. The van der Waals surface area contributed by atoms with Crippen molar-refractivity contribution in [1.82, 2.24) is 14.7 Å². The Hall–Kier alpha value is -4.19. The number of carboxylic acids is 1. The summed E-state index contributed by atoms with van der Waals surface area (Å²) >= 11 is 0. The average Bonchev–Trinajstić information content (AvgIpc) is 3.65. The number of benzene rings is 2. The molecular weight excluding hydrogens is 607 g/mol. The van der Waals surface area contributed by atoms with Gasteiger partial charge in [-0.3, -0.25) is 24.2 Å². The van der Waals surface area contributed by atoms with Crippen LogP contribution in [0.5, 0.6) is 11.5 Å². The number of carbonyl (C=O) groups is 4. The van der Waals surface area contributed by atoms with Gasteiger partial charge in [0.2, 0.25) is 18.6 Å². The lowest BCUT2D eigenvalue weighted by molar-refractivity contribution is -0.143. The second kappa shape index (κ2) is 14.7. The first-order chi connectivity index (χ1) is 22.5. The van der Waals surface area contributed by atoms with E-state index in [9.17, 15) is 28.7 Å². The molecule has 12 heteroatoms. The number of anilines is 1. The van der Waals surface area contributed by atoms with Gasteiger partial charge in [-0.25, -0.2) is 9.18 Å². The van der Waals surface area contributed by atoms with Gasteiger partial charge in [0.1, 0.15) is 5.82 Å². The first-order valence-electron chi connectivity index (χ1n) is 16.5. The quantitative estimate of drug-likeness (QED) is 0.321. The number of rotatable bonds is 13. The van der Waals surface area contributed by atoms with Crippen molar-refractivity contribution < 1.29 is 38.1 Å². The van der Waals surface area contributed by atoms with Gasteiger partial charge < -0.3 is 24.4 Å². The molecule has 1 N–H and O–H groups in total. The van der Waals surface area contributed by atoms with Gasteiger partial charge in [-0.05, 0) is 67.6 Å². The van der Waals surface area contributed by atoms with Crippen LogP contribution in [-0.4, -0.2) is 95.7 Å².